The zero-order valence-corrected chi connectivity index (χ0v) is 11.9. The largest absolute Gasteiger partial charge is 0.352 e. The van der Waals surface area contributed by atoms with Crippen LogP contribution in [-0.4, -0.2) is 37.0 Å². The molecule has 0 aliphatic carbocycles. The smallest absolute Gasteiger partial charge is 0.254 e. The Morgan fingerprint density at radius 3 is 2.65 bits per heavy atom. The van der Waals surface area contributed by atoms with Crippen LogP contribution in [0.15, 0.2) is 24.3 Å². The van der Waals surface area contributed by atoms with Gasteiger partial charge in [0.2, 0.25) is 0 Å². The van der Waals surface area contributed by atoms with Crippen molar-refractivity contribution >= 4 is 5.91 Å². The predicted octanol–water partition coefficient (Wildman–Crippen LogP) is 2.82. The lowest BCUT2D eigenvalue weighted by atomic mass is 10.1. The van der Waals surface area contributed by atoms with Gasteiger partial charge >= 0.3 is 0 Å². The van der Waals surface area contributed by atoms with Crippen molar-refractivity contribution in [2.45, 2.75) is 32.1 Å². The van der Waals surface area contributed by atoms with E-state index in [1.54, 1.807) is 12.1 Å². The molecule has 20 heavy (non-hydrogen) atoms. The van der Waals surface area contributed by atoms with Crippen molar-refractivity contribution in [1.29, 1.82) is 0 Å². The number of nitrogens with one attached hydrogen (secondary N) is 1. The maximum Gasteiger partial charge on any atom is 0.254 e. The Balaban J connectivity index is 1.61. The number of hydrogen-bond acceptors (Lipinski definition) is 2. The molecule has 0 unspecified atom stereocenters. The number of nitrogens with zero attached hydrogens (tertiary/aromatic N) is 1. The van der Waals surface area contributed by atoms with Gasteiger partial charge in [0.25, 0.3) is 5.91 Å². The van der Waals surface area contributed by atoms with Crippen molar-refractivity contribution in [3.05, 3.63) is 35.6 Å². The highest BCUT2D eigenvalue weighted by atomic mass is 19.1. The third-order valence-corrected chi connectivity index (χ3v) is 3.75. The monoisotopic (exact) mass is 278 g/mol. The van der Waals surface area contributed by atoms with Crippen LogP contribution in [0.3, 0.4) is 0 Å². The quantitative estimate of drug-likeness (QED) is 0.812. The molecule has 3 nitrogen and oxygen atoms in total. The van der Waals surface area contributed by atoms with Crippen LogP contribution in [-0.2, 0) is 0 Å². The molecule has 1 aromatic rings. The van der Waals surface area contributed by atoms with E-state index in [0.29, 0.717) is 6.54 Å². The van der Waals surface area contributed by atoms with Crippen LogP contribution in [0, 0.1) is 5.82 Å². The molecule has 1 N–H and O–H groups in total. The van der Waals surface area contributed by atoms with Gasteiger partial charge in [-0.05, 0) is 57.5 Å². The molecule has 2 rings (SSSR count). The van der Waals surface area contributed by atoms with Crippen LogP contribution in [0.5, 0.6) is 0 Å². The SMILES string of the molecule is O=C(NCCCCN1CCCCC1)c1ccccc1F. The summed E-state index contributed by atoms with van der Waals surface area (Å²) in [6, 6.07) is 6.09. The number of rotatable bonds is 6. The number of carbonyl (C=O) groups is 1. The minimum atomic E-state index is -0.460. The highest BCUT2D eigenvalue weighted by Crippen LogP contribution is 2.09. The summed E-state index contributed by atoms with van der Waals surface area (Å²) in [7, 11) is 0. The van der Waals surface area contributed by atoms with Crippen molar-refractivity contribution < 1.29 is 9.18 Å². The lowest BCUT2D eigenvalue weighted by molar-refractivity contribution is 0.0948. The molecule has 0 bridgehead atoms. The van der Waals surface area contributed by atoms with Crippen LogP contribution in [0.25, 0.3) is 0 Å². The van der Waals surface area contributed by atoms with Crippen LogP contribution in [0.4, 0.5) is 4.39 Å². The van der Waals surface area contributed by atoms with Gasteiger partial charge in [0.15, 0.2) is 0 Å². The van der Waals surface area contributed by atoms with Gasteiger partial charge in [-0.2, -0.15) is 0 Å². The number of benzene rings is 1. The standard InChI is InChI=1S/C16H23FN2O/c17-15-9-3-2-8-14(15)16(20)18-10-4-7-13-19-11-5-1-6-12-19/h2-3,8-9H,1,4-7,10-13H2,(H,18,20). The molecule has 0 atom stereocenters. The molecule has 1 aliphatic heterocycles. The minimum Gasteiger partial charge on any atom is -0.352 e. The summed E-state index contributed by atoms with van der Waals surface area (Å²) in [5.74, 6) is -0.778. The fourth-order valence-corrected chi connectivity index (χ4v) is 2.59. The summed E-state index contributed by atoms with van der Waals surface area (Å²) < 4.78 is 13.4. The first-order valence-electron chi connectivity index (χ1n) is 7.52. The van der Waals surface area contributed by atoms with E-state index in [2.05, 4.69) is 10.2 Å². The molecule has 4 heteroatoms. The molecule has 1 aliphatic rings. The van der Waals surface area contributed by atoms with Gasteiger partial charge in [0.1, 0.15) is 5.82 Å². The van der Waals surface area contributed by atoms with E-state index in [4.69, 9.17) is 0 Å². The average Bonchev–Trinajstić information content (AvgIpc) is 2.48. The molecule has 1 amide bonds. The van der Waals surface area contributed by atoms with Crippen molar-refractivity contribution in [2.75, 3.05) is 26.2 Å². The lowest BCUT2D eigenvalue weighted by Gasteiger charge is -2.26. The number of hydrogen-bond donors (Lipinski definition) is 1. The molecule has 0 saturated carbocycles. The number of likely N-dealkylation sites (tertiary alicyclic amines) is 1. The average molecular weight is 278 g/mol. The van der Waals surface area contributed by atoms with Crippen molar-refractivity contribution in [3.63, 3.8) is 0 Å². The maximum atomic E-state index is 13.4. The number of unbranched alkanes of at least 4 members (excludes halogenated alkanes) is 1. The second-order valence-electron chi connectivity index (χ2n) is 5.35. The third-order valence-electron chi connectivity index (χ3n) is 3.75. The first-order valence-corrected chi connectivity index (χ1v) is 7.52. The molecule has 0 radical (unpaired) electrons. The minimum absolute atomic E-state index is 0.128. The fourth-order valence-electron chi connectivity index (χ4n) is 2.59. The normalized spacial score (nSPS) is 16.1. The van der Waals surface area contributed by atoms with E-state index >= 15 is 0 Å². The van der Waals surface area contributed by atoms with E-state index in [1.807, 2.05) is 0 Å². The fraction of sp³-hybridized carbons (Fsp3) is 0.562. The Bertz CT molecular complexity index is 430. The Morgan fingerprint density at radius 2 is 1.90 bits per heavy atom. The summed E-state index contributed by atoms with van der Waals surface area (Å²) in [4.78, 5) is 14.3. The van der Waals surface area contributed by atoms with E-state index in [9.17, 15) is 9.18 Å². The van der Waals surface area contributed by atoms with Gasteiger partial charge in [0.05, 0.1) is 5.56 Å². The predicted molar refractivity (Wildman–Crippen MR) is 78.3 cm³/mol. The summed E-state index contributed by atoms with van der Waals surface area (Å²) in [6.45, 7) is 4.14. The second kappa shape index (κ2) is 8.00. The summed E-state index contributed by atoms with van der Waals surface area (Å²) in [5, 5.41) is 2.78. The summed E-state index contributed by atoms with van der Waals surface area (Å²) in [5.41, 5.74) is 0.128. The molecule has 1 fully saturated rings. The lowest BCUT2D eigenvalue weighted by Crippen LogP contribution is -2.31. The van der Waals surface area contributed by atoms with Gasteiger partial charge in [-0.25, -0.2) is 4.39 Å². The van der Waals surface area contributed by atoms with Crippen molar-refractivity contribution in [3.8, 4) is 0 Å². The number of carbonyl (C=O) groups excluding carboxylic acids is 1. The van der Waals surface area contributed by atoms with Crippen LogP contribution < -0.4 is 5.32 Å². The molecule has 110 valence electrons. The molecule has 0 spiro atoms. The summed E-state index contributed by atoms with van der Waals surface area (Å²) in [6.07, 6.45) is 6.00. The number of piperidine rings is 1. The zero-order valence-electron chi connectivity index (χ0n) is 11.9. The Hall–Kier alpha value is -1.42. The van der Waals surface area contributed by atoms with Gasteiger partial charge in [0, 0.05) is 6.54 Å². The van der Waals surface area contributed by atoms with E-state index in [0.717, 1.165) is 19.4 Å². The highest BCUT2D eigenvalue weighted by Gasteiger charge is 2.11. The molecule has 1 aromatic carbocycles. The van der Waals surface area contributed by atoms with Gasteiger partial charge < -0.3 is 10.2 Å². The third kappa shape index (κ3) is 4.60. The van der Waals surface area contributed by atoms with Gasteiger partial charge in [-0.1, -0.05) is 18.6 Å². The van der Waals surface area contributed by atoms with E-state index in [1.165, 1.54) is 44.5 Å². The molecule has 1 heterocycles. The van der Waals surface area contributed by atoms with Crippen molar-refractivity contribution in [1.82, 2.24) is 10.2 Å². The van der Waals surface area contributed by atoms with Crippen LogP contribution in [0.2, 0.25) is 0 Å². The van der Waals surface area contributed by atoms with Crippen LogP contribution >= 0.6 is 0 Å². The Kier molecular flexibility index (Phi) is 5.99. The first-order chi connectivity index (χ1) is 9.77. The van der Waals surface area contributed by atoms with Gasteiger partial charge in [-0.15, -0.1) is 0 Å². The van der Waals surface area contributed by atoms with Crippen molar-refractivity contribution in [2.24, 2.45) is 0 Å². The van der Waals surface area contributed by atoms with Crippen LogP contribution in [0.1, 0.15) is 42.5 Å². The highest BCUT2D eigenvalue weighted by molar-refractivity contribution is 5.94. The molecule has 1 saturated heterocycles. The van der Waals surface area contributed by atoms with Gasteiger partial charge in [-0.3, -0.25) is 4.79 Å². The zero-order chi connectivity index (χ0) is 14.2. The summed E-state index contributed by atoms with van der Waals surface area (Å²) >= 11 is 0. The number of amides is 1. The molecule has 0 aromatic heterocycles. The second-order valence-corrected chi connectivity index (χ2v) is 5.35. The maximum absolute atomic E-state index is 13.4. The Labute approximate surface area is 120 Å². The topological polar surface area (TPSA) is 32.3 Å². The molecular weight excluding hydrogens is 255 g/mol. The number of halogens is 1. The van der Waals surface area contributed by atoms with E-state index < -0.39 is 5.82 Å². The van der Waals surface area contributed by atoms with E-state index in [-0.39, 0.29) is 11.5 Å². The molecular formula is C16H23FN2O. The first kappa shape index (κ1) is 15.0. The Morgan fingerprint density at radius 1 is 1.15 bits per heavy atom.